The van der Waals surface area contributed by atoms with Gasteiger partial charge in [-0.05, 0) is 65.9 Å². The number of thioether (sulfide) groups is 1. The first-order chi connectivity index (χ1) is 14.7. The molecular weight excluding hydrogens is 398 g/mol. The molecule has 1 aromatic heterocycles. The highest BCUT2D eigenvalue weighted by atomic mass is 32.2. The molecule has 0 aliphatic rings. The number of nitrogens with one attached hydrogen (secondary N) is 1. The van der Waals surface area contributed by atoms with Gasteiger partial charge in [0.2, 0.25) is 11.1 Å². The average Bonchev–Trinajstić information content (AvgIpc) is 3.24. The number of aryl methyl sites for hydroxylation is 1. The number of hydrogen-bond donors (Lipinski definition) is 1. The molecule has 0 saturated heterocycles. The van der Waals surface area contributed by atoms with E-state index in [1.165, 1.54) is 11.8 Å². The van der Waals surface area contributed by atoms with Gasteiger partial charge >= 0.3 is 0 Å². The fourth-order valence-corrected chi connectivity index (χ4v) is 3.37. The second-order valence-electron chi connectivity index (χ2n) is 6.49. The lowest BCUT2D eigenvalue weighted by Crippen LogP contribution is -2.14. The summed E-state index contributed by atoms with van der Waals surface area (Å²) in [5, 5.41) is 15.2. The van der Waals surface area contributed by atoms with E-state index in [-0.39, 0.29) is 11.7 Å². The van der Waals surface area contributed by atoms with E-state index in [9.17, 15) is 4.79 Å². The van der Waals surface area contributed by atoms with Crippen LogP contribution in [0.2, 0.25) is 0 Å². The fourth-order valence-electron chi connectivity index (χ4n) is 2.68. The van der Waals surface area contributed by atoms with Crippen LogP contribution in [0.3, 0.4) is 0 Å². The van der Waals surface area contributed by atoms with Crippen molar-refractivity contribution in [2.45, 2.75) is 12.1 Å². The van der Waals surface area contributed by atoms with Gasteiger partial charge in [0.15, 0.2) is 0 Å². The third-order valence-electron chi connectivity index (χ3n) is 4.17. The lowest BCUT2D eigenvalue weighted by molar-refractivity contribution is -0.113. The Hall–Kier alpha value is -3.65. The van der Waals surface area contributed by atoms with Gasteiger partial charge in [-0.15, -0.1) is 5.10 Å². The molecule has 1 N–H and O–H groups in total. The average molecular weight is 417 g/mol. The molecule has 1 heterocycles. The molecular formula is C22H19N5O2S. The second-order valence-corrected chi connectivity index (χ2v) is 7.43. The molecule has 4 aromatic rings. The molecule has 0 atom stereocenters. The molecule has 7 nitrogen and oxygen atoms in total. The van der Waals surface area contributed by atoms with E-state index in [1.807, 2.05) is 73.7 Å². The maximum absolute atomic E-state index is 12.3. The molecule has 0 saturated carbocycles. The molecule has 0 bridgehead atoms. The second kappa shape index (κ2) is 9.23. The van der Waals surface area contributed by atoms with Crippen molar-refractivity contribution in [1.29, 1.82) is 0 Å². The van der Waals surface area contributed by atoms with E-state index in [0.29, 0.717) is 16.6 Å². The smallest absolute Gasteiger partial charge is 0.234 e. The number of amides is 1. The first-order valence-electron chi connectivity index (χ1n) is 9.28. The van der Waals surface area contributed by atoms with Crippen molar-refractivity contribution in [3.05, 3.63) is 84.4 Å². The van der Waals surface area contributed by atoms with Gasteiger partial charge in [0.05, 0.1) is 11.4 Å². The number of anilines is 1. The van der Waals surface area contributed by atoms with E-state index in [1.54, 1.807) is 16.8 Å². The SMILES string of the molecule is Cc1ccc(-n2nnnc2SCC(=O)Nc2ccc(Oc3ccccc3)cc2)cc1. The van der Waals surface area contributed by atoms with Crippen molar-refractivity contribution in [2.24, 2.45) is 0 Å². The largest absolute Gasteiger partial charge is 0.457 e. The van der Waals surface area contributed by atoms with E-state index < -0.39 is 0 Å². The number of ether oxygens (including phenoxy) is 1. The molecule has 0 aliphatic heterocycles. The number of nitrogens with zero attached hydrogens (tertiary/aromatic N) is 4. The molecule has 30 heavy (non-hydrogen) atoms. The summed E-state index contributed by atoms with van der Waals surface area (Å²) in [5.74, 6) is 1.51. The quantitative estimate of drug-likeness (QED) is 0.446. The highest BCUT2D eigenvalue weighted by Crippen LogP contribution is 2.23. The van der Waals surface area contributed by atoms with Crippen molar-refractivity contribution in [3.8, 4) is 17.2 Å². The van der Waals surface area contributed by atoms with Crippen molar-refractivity contribution in [2.75, 3.05) is 11.1 Å². The van der Waals surface area contributed by atoms with E-state index in [4.69, 9.17) is 4.74 Å². The van der Waals surface area contributed by atoms with Crippen LogP contribution in [0.4, 0.5) is 5.69 Å². The topological polar surface area (TPSA) is 81.9 Å². The Balaban J connectivity index is 1.32. The summed E-state index contributed by atoms with van der Waals surface area (Å²) in [7, 11) is 0. The Labute approximate surface area is 178 Å². The van der Waals surface area contributed by atoms with Crippen LogP contribution < -0.4 is 10.1 Å². The van der Waals surface area contributed by atoms with E-state index >= 15 is 0 Å². The molecule has 0 fully saturated rings. The predicted molar refractivity (Wildman–Crippen MR) is 116 cm³/mol. The Morgan fingerprint density at radius 3 is 2.40 bits per heavy atom. The van der Waals surface area contributed by atoms with Crippen LogP contribution in [0.5, 0.6) is 11.5 Å². The minimum atomic E-state index is -0.143. The molecule has 0 aliphatic carbocycles. The summed E-state index contributed by atoms with van der Waals surface area (Å²) in [6, 6.07) is 24.6. The molecule has 0 radical (unpaired) electrons. The van der Waals surface area contributed by atoms with Crippen LogP contribution >= 0.6 is 11.8 Å². The van der Waals surface area contributed by atoms with Gasteiger partial charge in [-0.25, -0.2) is 0 Å². The Morgan fingerprint density at radius 2 is 1.67 bits per heavy atom. The molecule has 0 spiro atoms. The summed E-state index contributed by atoms with van der Waals surface area (Å²) in [5.41, 5.74) is 2.70. The molecule has 8 heteroatoms. The molecule has 1 amide bonds. The summed E-state index contributed by atoms with van der Waals surface area (Å²) in [6.07, 6.45) is 0. The predicted octanol–water partition coefficient (Wildman–Crippen LogP) is 4.49. The van der Waals surface area contributed by atoms with E-state index in [2.05, 4.69) is 20.8 Å². The van der Waals surface area contributed by atoms with Gasteiger partial charge in [0.1, 0.15) is 11.5 Å². The zero-order chi connectivity index (χ0) is 20.8. The Bertz CT molecular complexity index is 1110. The Kier molecular flexibility index (Phi) is 6.05. The summed E-state index contributed by atoms with van der Waals surface area (Å²) in [4.78, 5) is 12.3. The van der Waals surface area contributed by atoms with Crippen LogP contribution in [-0.4, -0.2) is 31.9 Å². The van der Waals surface area contributed by atoms with E-state index in [0.717, 1.165) is 17.0 Å². The summed E-state index contributed by atoms with van der Waals surface area (Å²) >= 11 is 1.28. The third kappa shape index (κ3) is 5.03. The minimum Gasteiger partial charge on any atom is -0.457 e. The summed E-state index contributed by atoms with van der Waals surface area (Å²) < 4.78 is 7.37. The van der Waals surface area contributed by atoms with Crippen molar-refractivity contribution in [3.63, 3.8) is 0 Å². The summed E-state index contributed by atoms with van der Waals surface area (Å²) in [6.45, 7) is 2.02. The van der Waals surface area contributed by atoms with Gasteiger partial charge in [-0.1, -0.05) is 47.7 Å². The highest BCUT2D eigenvalue weighted by molar-refractivity contribution is 7.99. The highest BCUT2D eigenvalue weighted by Gasteiger charge is 2.12. The van der Waals surface area contributed by atoms with Gasteiger partial charge in [0, 0.05) is 5.69 Å². The molecule has 3 aromatic carbocycles. The maximum Gasteiger partial charge on any atom is 0.234 e. The van der Waals surface area contributed by atoms with Crippen LogP contribution in [0.25, 0.3) is 5.69 Å². The molecule has 150 valence electrons. The monoisotopic (exact) mass is 417 g/mol. The lowest BCUT2D eigenvalue weighted by Gasteiger charge is -2.08. The van der Waals surface area contributed by atoms with Gasteiger partial charge in [0.25, 0.3) is 0 Å². The molecule has 0 unspecified atom stereocenters. The van der Waals surface area contributed by atoms with Gasteiger partial charge < -0.3 is 10.1 Å². The van der Waals surface area contributed by atoms with Crippen LogP contribution in [0, 0.1) is 6.92 Å². The van der Waals surface area contributed by atoms with Crippen LogP contribution in [0.15, 0.2) is 84.0 Å². The number of hydrogen-bond acceptors (Lipinski definition) is 6. The maximum atomic E-state index is 12.3. The minimum absolute atomic E-state index is 0.143. The number of para-hydroxylation sites is 1. The van der Waals surface area contributed by atoms with Gasteiger partial charge in [-0.2, -0.15) is 4.68 Å². The Morgan fingerprint density at radius 1 is 0.967 bits per heavy atom. The number of aromatic nitrogens is 4. The standard InChI is InChI=1S/C22H19N5O2S/c1-16-7-11-18(12-8-16)27-22(24-25-26-27)30-15-21(28)23-17-9-13-20(14-10-17)29-19-5-3-2-4-6-19/h2-14H,15H2,1H3,(H,23,28). The van der Waals surface area contributed by atoms with Crippen LogP contribution in [-0.2, 0) is 4.79 Å². The van der Waals surface area contributed by atoms with Crippen molar-refractivity contribution in [1.82, 2.24) is 20.2 Å². The van der Waals surface area contributed by atoms with Gasteiger partial charge in [-0.3, -0.25) is 4.79 Å². The first-order valence-corrected chi connectivity index (χ1v) is 10.3. The normalized spacial score (nSPS) is 10.6. The number of rotatable bonds is 7. The third-order valence-corrected chi connectivity index (χ3v) is 5.09. The number of benzene rings is 3. The first kappa shape index (κ1) is 19.7. The lowest BCUT2D eigenvalue weighted by atomic mass is 10.2. The number of tetrazole rings is 1. The zero-order valence-electron chi connectivity index (χ0n) is 16.2. The zero-order valence-corrected chi connectivity index (χ0v) is 17.0. The molecule has 4 rings (SSSR count). The van der Waals surface area contributed by atoms with Crippen molar-refractivity contribution >= 4 is 23.4 Å². The van der Waals surface area contributed by atoms with Crippen molar-refractivity contribution < 1.29 is 9.53 Å². The number of carbonyl (C=O) groups is 1. The van der Waals surface area contributed by atoms with Crippen LogP contribution in [0.1, 0.15) is 5.56 Å². The number of carbonyl (C=O) groups excluding carboxylic acids is 1. The fraction of sp³-hybridized carbons (Fsp3) is 0.0909.